The third kappa shape index (κ3) is 4.12. The lowest BCUT2D eigenvalue weighted by molar-refractivity contribution is 0.0600. The first-order chi connectivity index (χ1) is 14.6. The third-order valence-corrected chi connectivity index (χ3v) is 4.43. The standard InChI is InChI=1S/C24H18N2O4/c1-29-24(28)17-9-7-12-19(14-17)26-23-20(15-16-8-5-6-13-21(16)30-23)22(27)25-18-10-3-2-4-11-18/h2-15H,1H3,(H,25,27). The number of fused-ring (bicyclic) bond motifs is 1. The number of benzene rings is 3. The lowest BCUT2D eigenvalue weighted by atomic mass is 10.1. The number of nitrogens with zero attached hydrogens (tertiary/aromatic N) is 1. The van der Waals surface area contributed by atoms with Gasteiger partial charge in [-0.1, -0.05) is 42.5 Å². The summed E-state index contributed by atoms with van der Waals surface area (Å²) in [6.07, 6.45) is 0. The Labute approximate surface area is 172 Å². The molecule has 0 unspecified atom stereocenters. The van der Waals surface area contributed by atoms with E-state index in [9.17, 15) is 9.59 Å². The van der Waals surface area contributed by atoms with Gasteiger partial charge < -0.3 is 14.5 Å². The predicted octanol–water partition coefficient (Wildman–Crippen LogP) is 4.70. The van der Waals surface area contributed by atoms with E-state index in [-0.39, 0.29) is 17.0 Å². The van der Waals surface area contributed by atoms with E-state index in [0.717, 1.165) is 5.39 Å². The van der Waals surface area contributed by atoms with Crippen molar-refractivity contribution in [3.63, 3.8) is 0 Å². The number of nitrogens with one attached hydrogen (secondary N) is 1. The Morgan fingerprint density at radius 2 is 1.67 bits per heavy atom. The highest BCUT2D eigenvalue weighted by Gasteiger charge is 2.13. The molecule has 1 heterocycles. The Kier molecular flexibility index (Phi) is 5.39. The molecule has 148 valence electrons. The van der Waals surface area contributed by atoms with Gasteiger partial charge in [0.25, 0.3) is 5.91 Å². The fourth-order valence-corrected chi connectivity index (χ4v) is 2.97. The van der Waals surface area contributed by atoms with Crippen molar-refractivity contribution in [1.82, 2.24) is 0 Å². The smallest absolute Gasteiger partial charge is 0.337 e. The van der Waals surface area contributed by atoms with Crippen LogP contribution in [-0.4, -0.2) is 19.0 Å². The third-order valence-electron chi connectivity index (χ3n) is 4.43. The van der Waals surface area contributed by atoms with Gasteiger partial charge in [0.05, 0.1) is 18.4 Å². The zero-order valence-electron chi connectivity index (χ0n) is 16.2. The minimum absolute atomic E-state index is 0.143. The van der Waals surface area contributed by atoms with Crippen LogP contribution >= 0.6 is 0 Å². The molecule has 1 amide bonds. The highest BCUT2D eigenvalue weighted by Crippen LogP contribution is 2.18. The van der Waals surface area contributed by atoms with E-state index in [2.05, 4.69) is 10.3 Å². The van der Waals surface area contributed by atoms with Crippen molar-refractivity contribution >= 4 is 34.2 Å². The number of hydrogen-bond acceptors (Lipinski definition) is 5. The van der Waals surface area contributed by atoms with Crippen molar-refractivity contribution in [2.45, 2.75) is 0 Å². The first kappa shape index (κ1) is 19.1. The highest BCUT2D eigenvalue weighted by atomic mass is 16.5. The molecular formula is C24H18N2O4. The average Bonchev–Trinajstić information content (AvgIpc) is 2.79. The Bertz CT molecular complexity index is 1290. The van der Waals surface area contributed by atoms with Crippen LogP contribution in [0.15, 0.2) is 94.3 Å². The summed E-state index contributed by atoms with van der Waals surface area (Å²) in [6, 6.07) is 24.9. The summed E-state index contributed by atoms with van der Waals surface area (Å²) in [5.41, 5.74) is 2.50. The molecule has 0 spiro atoms. The average molecular weight is 398 g/mol. The molecule has 1 aromatic heterocycles. The second-order valence-electron chi connectivity index (χ2n) is 6.48. The molecular weight excluding hydrogens is 380 g/mol. The second-order valence-corrected chi connectivity index (χ2v) is 6.48. The van der Waals surface area contributed by atoms with E-state index in [1.54, 1.807) is 48.5 Å². The number of ether oxygens (including phenoxy) is 1. The zero-order chi connectivity index (χ0) is 20.9. The second kappa shape index (κ2) is 8.45. The minimum atomic E-state index is -0.468. The van der Waals surface area contributed by atoms with Gasteiger partial charge in [-0.25, -0.2) is 9.79 Å². The van der Waals surface area contributed by atoms with Gasteiger partial charge >= 0.3 is 5.97 Å². The summed E-state index contributed by atoms with van der Waals surface area (Å²) < 4.78 is 10.7. The number of para-hydroxylation sites is 2. The lowest BCUT2D eigenvalue weighted by Gasteiger charge is -2.07. The predicted molar refractivity (Wildman–Crippen MR) is 114 cm³/mol. The number of amides is 1. The maximum Gasteiger partial charge on any atom is 0.337 e. The van der Waals surface area contributed by atoms with Gasteiger partial charge in [-0.2, -0.15) is 0 Å². The summed E-state index contributed by atoms with van der Waals surface area (Å²) >= 11 is 0. The van der Waals surface area contributed by atoms with Crippen molar-refractivity contribution in [2.75, 3.05) is 12.4 Å². The molecule has 6 nitrogen and oxygen atoms in total. The SMILES string of the molecule is COC(=O)c1cccc(N=c2oc3ccccc3cc2C(=O)Nc2ccccc2)c1. The zero-order valence-corrected chi connectivity index (χ0v) is 16.2. The first-order valence-electron chi connectivity index (χ1n) is 9.26. The van der Waals surface area contributed by atoms with Gasteiger partial charge in [-0.15, -0.1) is 0 Å². The summed E-state index contributed by atoms with van der Waals surface area (Å²) in [7, 11) is 1.32. The Hall–Kier alpha value is -4.19. The molecule has 30 heavy (non-hydrogen) atoms. The van der Waals surface area contributed by atoms with Crippen molar-refractivity contribution in [2.24, 2.45) is 4.99 Å². The van der Waals surface area contributed by atoms with Gasteiger partial charge in [0.1, 0.15) is 11.1 Å². The fourth-order valence-electron chi connectivity index (χ4n) is 2.97. The maximum absolute atomic E-state index is 13.0. The quantitative estimate of drug-likeness (QED) is 0.505. The van der Waals surface area contributed by atoms with Gasteiger partial charge in [0.15, 0.2) is 0 Å². The highest BCUT2D eigenvalue weighted by molar-refractivity contribution is 6.05. The molecule has 0 saturated carbocycles. The molecule has 6 heteroatoms. The molecule has 0 aliphatic heterocycles. The van der Waals surface area contributed by atoms with Gasteiger partial charge in [0.2, 0.25) is 5.55 Å². The van der Waals surface area contributed by atoms with Crippen molar-refractivity contribution < 1.29 is 18.7 Å². The van der Waals surface area contributed by atoms with Crippen LogP contribution in [0.4, 0.5) is 11.4 Å². The van der Waals surface area contributed by atoms with Crippen LogP contribution < -0.4 is 10.9 Å². The molecule has 4 rings (SSSR count). The molecule has 0 aliphatic carbocycles. The van der Waals surface area contributed by atoms with E-state index in [0.29, 0.717) is 22.5 Å². The fraction of sp³-hybridized carbons (Fsp3) is 0.0417. The van der Waals surface area contributed by atoms with E-state index in [4.69, 9.17) is 9.15 Å². The van der Waals surface area contributed by atoms with Crippen LogP contribution in [0.3, 0.4) is 0 Å². The summed E-state index contributed by atoms with van der Waals surface area (Å²) in [6.45, 7) is 0. The van der Waals surface area contributed by atoms with E-state index in [1.165, 1.54) is 7.11 Å². The van der Waals surface area contributed by atoms with E-state index in [1.807, 2.05) is 36.4 Å². The lowest BCUT2D eigenvalue weighted by Crippen LogP contribution is -2.21. The Balaban J connectivity index is 1.83. The maximum atomic E-state index is 13.0. The normalized spacial score (nSPS) is 11.3. The number of carbonyl (C=O) groups excluding carboxylic acids is 2. The summed E-state index contributed by atoms with van der Waals surface area (Å²) in [5, 5.41) is 3.63. The topological polar surface area (TPSA) is 80.9 Å². The van der Waals surface area contributed by atoms with E-state index >= 15 is 0 Å². The summed E-state index contributed by atoms with van der Waals surface area (Å²) in [5.74, 6) is -0.817. The number of methoxy groups -OCH3 is 1. The number of rotatable bonds is 4. The minimum Gasteiger partial charge on any atom is -0.465 e. The van der Waals surface area contributed by atoms with Crippen LogP contribution in [-0.2, 0) is 4.74 Å². The van der Waals surface area contributed by atoms with Gasteiger partial charge in [-0.05, 0) is 42.5 Å². The molecule has 0 atom stereocenters. The van der Waals surface area contributed by atoms with Gasteiger partial charge in [-0.3, -0.25) is 4.79 Å². The van der Waals surface area contributed by atoms with Crippen LogP contribution in [0.25, 0.3) is 11.0 Å². The van der Waals surface area contributed by atoms with Gasteiger partial charge in [0, 0.05) is 11.1 Å². The Morgan fingerprint density at radius 1 is 0.900 bits per heavy atom. The largest absolute Gasteiger partial charge is 0.465 e. The molecule has 0 saturated heterocycles. The molecule has 3 aromatic carbocycles. The molecule has 0 bridgehead atoms. The molecule has 0 fully saturated rings. The van der Waals surface area contributed by atoms with Crippen molar-refractivity contribution in [1.29, 1.82) is 0 Å². The number of hydrogen-bond donors (Lipinski definition) is 1. The van der Waals surface area contributed by atoms with Crippen molar-refractivity contribution in [3.8, 4) is 0 Å². The molecule has 0 aliphatic rings. The molecule has 4 aromatic rings. The van der Waals surface area contributed by atoms with Crippen LogP contribution in [0.1, 0.15) is 20.7 Å². The number of carbonyl (C=O) groups is 2. The van der Waals surface area contributed by atoms with Crippen molar-refractivity contribution in [3.05, 3.63) is 102 Å². The van der Waals surface area contributed by atoms with Crippen LogP contribution in [0, 0.1) is 0 Å². The first-order valence-corrected chi connectivity index (χ1v) is 9.26. The Morgan fingerprint density at radius 3 is 2.47 bits per heavy atom. The number of anilines is 1. The summed E-state index contributed by atoms with van der Waals surface area (Å²) in [4.78, 5) is 29.3. The van der Waals surface area contributed by atoms with E-state index < -0.39 is 5.97 Å². The molecule has 1 N–H and O–H groups in total. The molecule has 0 radical (unpaired) electrons. The van der Waals surface area contributed by atoms with Crippen LogP contribution in [0.2, 0.25) is 0 Å². The van der Waals surface area contributed by atoms with Crippen LogP contribution in [0.5, 0.6) is 0 Å². The monoisotopic (exact) mass is 398 g/mol. The number of esters is 1.